The van der Waals surface area contributed by atoms with E-state index in [9.17, 15) is 19.6 Å². The molecule has 0 spiro atoms. The molecule has 2 aromatic carbocycles. The summed E-state index contributed by atoms with van der Waals surface area (Å²) in [5.41, 5.74) is 2.89. The maximum Gasteiger partial charge on any atom is 0.244 e. The molecule has 1 aliphatic heterocycles. The van der Waals surface area contributed by atoms with Gasteiger partial charge in [-0.3, -0.25) is 19.4 Å². The van der Waals surface area contributed by atoms with E-state index in [4.69, 9.17) is 6.42 Å². The van der Waals surface area contributed by atoms with Crippen LogP contribution in [0, 0.1) is 29.1 Å². The van der Waals surface area contributed by atoms with Crippen LogP contribution >= 0.6 is 0 Å². The summed E-state index contributed by atoms with van der Waals surface area (Å²) in [5.74, 6) is 1.69. The molecule has 3 amide bonds. The molecule has 1 saturated heterocycles. The quantitative estimate of drug-likeness (QED) is 0.268. The molecule has 0 unspecified atom stereocenters. The highest BCUT2D eigenvalue weighted by atomic mass is 16.2. The second kappa shape index (κ2) is 15.9. The predicted octanol–water partition coefficient (Wildman–Crippen LogP) is 3.35. The monoisotopic (exact) mass is 566 g/mol. The summed E-state index contributed by atoms with van der Waals surface area (Å²) in [6.45, 7) is 5.51. The Bertz CT molecular complexity index is 1410. The van der Waals surface area contributed by atoms with Crippen LogP contribution in [0.2, 0.25) is 0 Å². The molecule has 0 saturated carbocycles. The first-order chi connectivity index (χ1) is 20.3. The maximum atomic E-state index is 13.8. The SMILES string of the molecule is C#C/C=C\C=NCNC(=O)Cc1cc(NC(=O)CN(Cc2ccccc2C#N)C(=O)C2(C)CCNCC2)ccc1CC. The van der Waals surface area contributed by atoms with E-state index in [1.807, 2.05) is 32.0 Å². The standard InChI is InChI=1S/C33H38N6O3/c1-4-6-9-16-36-24-37-30(40)20-28-19-29(13-12-25(28)5-2)38-31(41)23-39(22-27-11-8-7-10-26(27)21-34)32(42)33(3)14-17-35-18-15-33/h1,6-13,16,19,35H,5,14-15,17-18,20,22-24H2,2-3H3,(H,37,40)(H,38,41)/b9-6-,36-16?. The summed E-state index contributed by atoms with van der Waals surface area (Å²) in [6.07, 6.45) is 12.0. The summed E-state index contributed by atoms with van der Waals surface area (Å²) >= 11 is 0. The van der Waals surface area contributed by atoms with Crippen LogP contribution in [-0.4, -0.2) is 55.1 Å². The van der Waals surface area contributed by atoms with Gasteiger partial charge in [-0.25, -0.2) is 0 Å². The van der Waals surface area contributed by atoms with Crippen LogP contribution in [0.25, 0.3) is 0 Å². The fourth-order valence-electron chi connectivity index (χ4n) is 4.91. The molecule has 9 nitrogen and oxygen atoms in total. The lowest BCUT2D eigenvalue weighted by Gasteiger charge is -2.37. The van der Waals surface area contributed by atoms with Crippen LogP contribution in [0.5, 0.6) is 0 Å². The van der Waals surface area contributed by atoms with Crippen molar-refractivity contribution in [2.24, 2.45) is 10.4 Å². The Morgan fingerprint density at radius 1 is 1.12 bits per heavy atom. The highest BCUT2D eigenvalue weighted by Gasteiger charge is 2.38. The van der Waals surface area contributed by atoms with E-state index in [1.54, 1.807) is 35.2 Å². The molecule has 1 fully saturated rings. The highest BCUT2D eigenvalue weighted by molar-refractivity contribution is 5.95. The summed E-state index contributed by atoms with van der Waals surface area (Å²) in [4.78, 5) is 45.2. The Balaban J connectivity index is 1.73. The minimum absolute atomic E-state index is 0.108. The maximum absolute atomic E-state index is 13.8. The molecule has 0 atom stereocenters. The minimum Gasteiger partial charge on any atom is -0.337 e. The number of hydrogen-bond acceptors (Lipinski definition) is 6. The molecular formula is C33H38N6O3. The van der Waals surface area contributed by atoms with Gasteiger partial charge in [0.2, 0.25) is 17.7 Å². The molecular weight excluding hydrogens is 528 g/mol. The molecule has 42 heavy (non-hydrogen) atoms. The normalized spacial score (nSPS) is 14.2. The van der Waals surface area contributed by atoms with Gasteiger partial charge in [-0.2, -0.15) is 5.26 Å². The number of nitriles is 1. The van der Waals surface area contributed by atoms with Gasteiger partial charge in [0.15, 0.2) is 0 Å². The number of rotatable bonds is 12. The van der Waals surface area contributed by atoms with Gasteiger partial charge in [0.05, 0.1) is 18.1 Å². The molecule has 3 N–H and O–H groups in total. The van der Waals surface area contributed by atoms with Gasteiger partial charge < -0.3 is 20.9 Å². The Kier molecular flexibility index (Phi) is 12.0. The van der Waals surface area contributed by atoms with Crippen molar-refractivity contribution in [3.63, 3.8) is 0 Å². The summed E-state index contributed by atoms with van der Waals surface area (Å²) in [7, 11) is 0. The second-order valence-electron chi connectivity index (χ2n) is 10.4. The van der Waals surface area contributed by atoms with Crippen LogP contribution in [0.1, 0.15) is 48.9 Å². The van der Waals surface area contributed by atoms with Crippen molar-refractivity contribution in [1.82, 2.24) is 15.5 Å². The number of aliphatic imine (C=N–C) groups is 1. The van der Waals surface area contributed by atoms with Crippen LogP contribution in [0.4, 0.5) is 5.69 Å². The summed E-state index contributed by atoms with van der Waals surface area (Å²) in [6, 6.07) is 14.8. The van der Waals surface area contributed by atoms with Crippen LogP contribution in [0.15, 0.2) is 59.6 Å². The third-order valence-corrected chi connectivity index (χ3v) is 7.32. The van der Waals surface area contributed by atoms with E-state index < -0.39 is 5.41 Å². The van der Waals surface area contributed by atoms with Crippen molar-refractivity contribution in [2.45, 2.75) is 46.1 Å². The van der Waals surface area contributed by atoms with Crippen LogP contribution in [-0.2, 0) is 33.8 Å². The van der Waals surface area contributed by atoms with Gasteiger partial charge in [0, 0.05) is 23.9 Å². The van der Waals surface area contributed by atoms with Gasteiger partial charge in [-0.05, 0) is 79.4 Å². The van der Waals surface area contributed by atoms with Gasteiger partial charge in [-0.1, -0.05) is 44.0 Å². The zero-order valence-corrected chi connectivity index (χ0v) is 24.3. The third-order valence-electron chi connectivity index (χ3n) is 7.32. The predicted molar refractivity (Wildman–Crippen MR) is 164 cm³/mol. The van der Waals surface area contributed by atoms with E-state index >= 15 is 0 Å². The van der Waals surface area contributed by atoms with Crippen molar-refractivity contribution in [3.05, 3.63) is 76.9 Å². The number of nitrogens with one attached hydrogen (secondary N) is 3. The van der Waals surface area contributed by atoms with Gasteiger partial charge in [0.1, 0.15) is 13.2 Å². The van der Waals surface area contributed by atoms with Gasteiger partial charge in [-0.15, -0.1) is 6.42 Å². The zero-order chi connectivity index (χ0) is 30.4. The zero-order valence-electron chi connectivity index (χ0n) is 24.3. The fourth-order valence-corrected chi connectivity index (χ4v) is 4.91. The number of terminal acetylenes is 1. The Morgan fingerprint density at radius 3 is 2.60 bits per heavy atom. The number of nitrogens with zero attached hydrogens (tertiary/aromatic N) is 3. The number of hydrogen-bond donors (Lipinski definition) is 3. The number of piperidine rings is 1. The average molecular weight is 567 g/mol. The Labute approximate surface area is 248 Å². The van der Waals surface area contributed by atoms with E-state index in [0.717, 1.165) is 30.6 Å². The number of anilines is 1. The highest BCUT2D eigenvalue weighted by Crippen LogP contribution is 2.31. The lowest BCUT2D eigenvalue weighted by atomic mass is 9.79. The van der Waals surface area contributed by atoms with Gasteiger partial charge >= 0.3 is 0 Å². The molecule has 9 heteroatoms. The molecule has 0 radical (unpaired) electrons. The largest absolute Gasteiger partial charge is 0.337 e. The average Bonchev–Trinajstić information content (AvgIpc) is 2.99. The number of benzene rings is 2. The number of amides is 3. The minimum atomic E-state index is -0.599. The van der Waals surface area contributed by atoms with Crippen molar-refractivity contribution in [1.29, 1.82) is 5.26 Å². The number of aryl methyl sites for hydroxylation is 1. The van der Waals surface area contributed by atoms with E-state index in [-0.39, 0.29) is 43.9 Å². The van der Waals surface area contributed by atoms with Crippen molar-refractivity contribution in [3.8, 4) is 18.4 Å². The molecule has 1 aliphatic rings. The molecule has 1 heterocycles. The fraction of sp³-hybridized carbons (Fsp3) is 0.364. The lowest BCUT2D eigenvalue weighted by Crippen LogP contribution is -2.49. The second-order valence-corrected chi connectivity index (χ2v) is 10.4. The van der Waals surface area contributed by atoms with Crippen LogP contribution < -0.4 is 16.0 Å². The summed E-state index contributed by atoms with van der Waals surface area (Å²) in [5, 5.41) is 18.5. The third kappa shape index (κ3) is 9.15. The van der Waals surface area contributed by atoms with Gasteiger partial charge in [0.25, 0.3) is 0 Å². The Hall–Kier alpha value is -4.73. The van der Waals surface area contributed by atoms with E-state index in [2.05, 4.69) is 32.9 Å². The first-order valence-electron chi connectivity index (χ1n) is 14.1. The van der Waals surface area contributed by atoms with E-state index in [1.165, 1.54) is 12.3 Å². The molecule has 218 valence electrons. The van der Waals surface area contributed by atoms with Crippen LogP contribution in [0.3, 0.4) is 0 Å². The molecule has 2 aromatic rings. The smallest absolute Gasteiger partial charge is 0.244 e. The van der Waals surface area contributed by atoms with Crippen molar-refractivity contribution in [2.75, 3.05) is 31.6 Å². The topological polar surface area (TPSA) is 127 Å². The first kappa shape index (κ1) is 31.8. The number of allylic oxidation sites excluding steroid dienone is 2. The number of carbonyl (C=O) groups excluding carboxylic acids is 3. The molecule has 0 bridgehead atoms. The lowest BCUT2D eigenvalue weighted by molar-refractivity contribution is -0.145. The molecule has 0 aromatic heterocycles. The van der Waals surface area contributed by atoms with Crippen molar-refractivity contribution >= 4 is 29.6 Å². The Morgan fingerprint density at radius 2 is 1.88 bits per heavy atom. The first-order valence-corrected chi connectivity index (χ1v) is 14.1. The number of carbonyl (C=O) groups is 3. The summed E-state index contributed by atoms with van der Waals surface area (Å²) < 4.78 is 0. The van der Waals surface area contributed by atoms with Crippen molar-refractivity contribution < 1.29 is 14.4 Å². The molecule has 0 aliphatic carbocycles. The van der Waals surface area contributed by atoms with E-state index in [0.29, 0.717) is 29.7 Å². The molecule has 3 rings (SSSR count).